The highest BCUT2D eigenvalue weighted by Crippen LogP contribution is 2.32. The SMILES string of the molecule is N#CC(CN(CC1CCCN1)C1CC1)C(F)(F)F. The highest BCUT2D eigenvalue weighted by atomic mass is 19.4. The maximum absolute atomic E-state index is 12.6. The molecule has 0 amide bonds. The Morgan fingerprint density at radius 1 is 1.33 bits per heavy atom. The van der Waals surface area contributed by atoms with E-state index >= 15 is 0 Å². The highest BCUT2D eigenvalue weighted by molar-refractivity contribution is 4.96. The van der Waals surface area contributed by atoms with Crippen molar-refractivity contribution in [1.29, 1.82) is 5.26 Å². The number of rotatable bonds is 5. The van der Waals surface area contributed by atoms with Crippen molar-refractivity contribution in [2.75, 3.05) is 19.6 Å². The molecule has 1 saturated carbocycles. The van der Waals surface area contributed by atoms with Gasteiger partial charge in [0.15, 0.2) is 5.92 Å². The summed E-state index contributed by atoms with van der Waals surface area (Å²) in [6, 6.07) is 1.94. The lowest BCUT2D eigenvalue weighted by Crippen LogP contribution is -2.43. The number of hydrogen-bond acceptors (Lipinski definition) is 3. The fraction of sp³-hybridized carbons (Fsp3) is 0.917. The van der Waals surface area contributed by atoms with Gasteiger partial charge in [0.1, 0.15) is 0 Å². The Morgan fingerprint density at radius 2 is 2.06 bits per heavy atom. The van der Waals surface area contributed by atoms with Crippen LogP contribution in [0.4, 0.5) is 13.2 Å². The third kappa shape index (κ3) is 3.59. The summed E-state index contributed by atoms with van der Waals surface area (Å²) in [6.07, 6.45) is -0.382. The van der Waals surface area contributed by atoms with E-state index in [1.807, 2.05) is 4.90 Å². The first-order chi connectivity index (χ1) is 8.50. The summed E-state index contributed by atoms with van der Waals surface area (Å²) in [6.45, 7) is 1.41. The highest BCUT2D eigenvalue weighted by Gasteiger charge is 2.43. The molecule has 0 aromatic carbocycles. The molecule has 18 heavy (non-hydrogen) atoms. The Morgan fingerprint density at radius 3 is 2.50 bits per heavy atom. The average Bonchev–Trinajstić information content (AvgIpc) is 3.01. The molecule has 1 saturated heterocycles. The van der Waals surface area contributed by atoms with Gasteiger partial charge in [-0.2, -0.15) is 18.4 Å². The summed E-state index contributed by atoms with van der Waals surface area (Å²) >= 11 is 0. The van der Waals surface area contributed by atoms with E-state index in [1.54, 1.807) is 0 Å². The second-order valence-corrected chi connectivity index (χ2v) is 5.20. The molecule has 2 aliphatic rings. The molecule has 2 fully saturated rings. The third-order valence-electron chi connectivity index (χ3n) is 3.65. The molecular weight excluding hydrogens is 243 g/mol. The van der Waals surface area contributed by atoms with Gasteiger partial charge in [0.25, 0.3) is 0 Å². The molecule has 2 rings (SSSR count). The van der Waals surface area contributed by atoms with Crippen LogP contribution in [-0.2, 0) is 0 Å². The van der Waals surface area contributed by atoms with Crippen LogP contribution in [0.15, 0.2) is 0 Å². The van der Waals surface area contributed by atoms with Gasteiger partial charge in [0.2, 0.25) is 0 Å². The van der Waals surface area contributed by atoms with E-state index in [0.717, 1.165) is 32.2 Å². The minimum absolute atomic E-state index is 0.178. The Hall–Kier alpha value is -0.800. The van der Waals surface area contributed by atoms with Gasteiger partial charge < -0.3 is 5.32 Å². The molecule has 102 valence electrons. The lowest BCUT2D eigenvalue weighted by Gasteiger charge is -2.28. The second kappa shape index (κ2) is 5.45. The van der Waals surface area contributed by atoms with Crippen LogP contribution in [0.2, 0.25) is 0 Å². The van der Waals surface area contributed by atoms with E-state index in [2.05, 4.69) is 5.32 Å². The first-order valence-electron chi connectivity index (χ1n) is 6.44. The lowest BCUT2D eigenvalue weighted by molar-refractivity contribution is -0.163. The standard InChI is InChI=1S/C12H18F3N3/c13-12(14,15)9(6-16)7-18(11-3-4-11)8-10-2-1-5-17-10/h9-11,17H,1-5,7-8H2. The van der Waals surface area contributed by atoms with Crippen LogP contribution < -0.4 is 5.32 Å². The van der Waals surface area contributed by atoms with Gasteiger partial charge in [0.05, 0.1) is 6.07 Å². The normalized spacial score (nSPS) is 26.3. The fourth-order valence-corrected chi connectivity index (χ4v) is 2.46. The van der Waals surface area contributed by atoms with Crippen LogP contribution in [0.25, 0.3) is 0 Å². The maximum atomic E-state index is 12.6. The van der Waals surface area contributed by atoms with Gasteiger partial charge in [-0.3, -0.25) is 4.90 Å². The smallest absolute Gasteiger partial charge is 0.313 e. The summed E-state index contributed by atoms with van der Waals surface area (Å²) in [5.74, 6) is -1.86. The molecule has 2 atom stereocenters. The Labute approximate surface area is 105 Å². The molecule has 6 heteroatoms. The number of nitrogens with zero attached hydrogens (tertiary/aromatic N) is 2. The zero-order chi connectivity index (χ0) is 13.2. The monoisotopic (exact) mass is 261 g/mol. The summed E-state index contributed by atoms with van der Waals surface area (Å²) < 4.78 is 37.8. The van der Waals surface area contributed by atoms with Crippen LogP contribution in [-0.4, -0.2) is 42.8 Å². The molecular formula is C12H18F3N3. The molecule has 0 aromatic rings. The van der Waals surface area contributed by atoms with E-state index in [0.29, 0.717) is 6.54 Å². The van der Waals surface area contributed by atoms with Crippen molar-refractivity contribution < 1.29 is 13.2 Å². The number of hydrogen-bond donors (Lipinski definition) is 1. The summed E-state index contributed by atoms with van der Waals surface area (Å²) in [7, 11) is 0. The quantitative estimate of drug-likeness (QED) is 0.821. The largest absolute Gasteiger partial charge is 0.405 e. The summed E-state index contributed by atoms with van der Waals surface area (Å²) in [4.78, 5) is 1.85. The van der Waals surface area contributed by atoms with Gasteiger partial charge >= 0.3 is 6.18 Å². The van der Waals surface area contributed by atoms with Crippen molar-refractivity contribution in [3.63, 3.8) is 0 Å². The average molecular weight is 261 g/mol. The molecule has 1 heterocycles. The summed E-state index contributed by atoms with van der Waals surface area (Å²) in [5.41, 5.74) is 0. The van der Waals surface area contributed by atoms with Crippen molar-refractivity contribution >= 4 is 0 Å². The third-order valence-corrected chi connectivity index (χ3v) is 3.65. The molecule has 0 radical (unpaired) electrons. The van der Waals surface area contributed by atoms with Gasteiger partial charge in [-0.25, -0.2) is 0 Å². The minimum Gasteiger partial charge on any atom is -0.313 e. The van der Waals surface area contributed by atoms with Crippen molar-refractivity contribution in [3.8, 4) is 6.07 Å². The number of halogens is 3. The van der Waals surface area contributed by atoms with E-state index < -0.39 is 12.1 Å². The lowest BCUT2D eigenvalue weighted by atomic mass is 10.1. The first kappa shape index (κ1) is 13.6. The second-order valence-electron chi connectivity index (χ2n) is 5.20. The van der Waals surface area contributed by atoms with Crippen molar-refractivity contribution in [1.82, 2.24) is 10.2 Å². The van der Waals surface area contributed by atoms with Gasteiger partial charge in [0, 0.05) is 25.2 Å². The summed E-state index contributed by atoms with van der Waals surface area (Å²) in [5, 5.41) is 12.0. The Kier molecular flexibility index (Phi) is 4.13. The molecule has 0 spiro atoms. The molecule has 1 aliphatic heterocycles. The zero-order valence-electron chi connectivity index (χ0n) is 10.2. The van der Waals surface area contributed by atoms with Crippen molar-refractivity contribution in [2.24, 2.45) is 5.92 Å². The zero-order valence-corrected chi connectivity index (χ0v) is 10.2. The van der Waals surface area contributed by atoms with Gasteiger partial charge in [-0.1, -0.05) is 0 Å². The van der Waals surface area contributed by atoms with E-state index in [9.17, 15) is 13.2 Å². The molecule has 0 aromatic heterocycles. The van der Waals surface area contributed by atoms with Gasteiger partial charge in [-0.15, -0.1) is 0 Å². The predicted octanol–water partition coefficient (Wildman–Crippen LogP) is 1.90. The fourth-order valence-electron chi connectivity index (χ4n) is 2.46. The van der Waals surface area contributed by atoms with E-state index in [-0.39, 0.29) is 18.6 Å². The molecule has 3 nitrogen and oxygen atoms in total. The van der Waals surface area contributed by atoms with Crippen LogP contribution in [0.3, 0.4) is 0 Å². The van der Waals surface area contributed by atoms with Gasteiger partial charge in [-0.05, 0) is 32.2 Å². The van der Waals surface area contributed by atoms with Crippen molar-refractivity contribution in [2.45, 2.75) is 43.9 Å². The molecule has 1 N–H and O–H groups in total. The van der Waals surface area contributed by atoms with E-state index in [1.165, 1.54) is 6.07 Å². The number of nitrogens with one attached hydrogen (secondary N) is 1. The Bertz CT molecular complexity index is 314. The number of nitriles is 1. The Balaban J connectivity index is 1.91. The van der Waals surface area contributed by atoms with Crippen LogP contribution in [0, 0.1) is 17.2 Å². The van der Waals surface area contributed by atoms with Crippen LogP contribution in [0.1, 0.15) is 25.7 Å². The molecule has 0 bridgehead atoms. The molecule has 2 unspecified atom stereocenters. The topological polar surface area (TPSA) is 39.1 Å². The first-order valence-corrected chi connectivity index (χ1v) is 6.44. The number of alkyl halides is 3. The van der Waals surface area contributed by atoms with Crippen LogP contribution in [0.5, 0.6) is 0 Å². The van der Waals surface area contributed by atoms with Crippen LogP contribution >= 0.6 is 0 Å². The maximum Gasteiger partial charge on any atom is 0.405 e. The molecule has 1 aliphatic carbocycles. The van der Waals surface area contributed by atoms with E-state index in [4.69, 9.17) is 5.26 Å². The van der Waals surface area contributed by atoms with Crippen molar-refractivity contribution in [3.05, 3.63) is 0 Å². The minimum atomic E-state index is -4.41. The predicted molar refractivity (Wildman–Crippen MR) is 60.8 cm³/mol.